The van der Waals surface area contributed by atoms with Crippen molar-refractivity contribution in [1.82, 2.24) is 16.0 Å². The maximum absolute atomic E-state index is 11.9. The van der Waals surface area contributed by atoms with Crippen LogP contribution in [0.15, 0.2) is 41.8 Å². The Morgan fingerprint density at radius 2 is 1.78 bits per heavy atom. The molecule has 0 aliphatic carbocycles. The van der Waals surface area contributed by atoms with Crippen LogP contribution >= 0.6 is 11.3 Å². The second-order valence-electron chi connectivity index (χ2n) is 5.07. The fourth-order valence-corrected chi connectivity index (χ4v) is 2.66. The van der Waals surface area contributed by atoms with Gasteiger partial charge in [-0.3, -0.25) is 9.59 Å². The molecule has 2 aromatic rings. The Hall–Kier alpha value is -2.18. The second kappa shape index (κ2) is 9.07. The van der Waals surface area contributed by atoms with Crippen molar-refractivity contribution in [3.63, 3.8) is 0 Å². The summed E-state index contributed by atoms with van der Waals surface area (Å²) in [5.74, 6) is -0.151. The lowest BCUT2D eigenvalue weighted by Crippen LogP contribution is -2.26. The van der Waals surface area contributed by atoms with Crippen LogP contribution in [0.3, 0.4) is 0 Å². The van der Waals surface area contributed by atoms with E-state index >= 15 is 0 Å². The van der Waals surface area contributed by atoms with Crippen LogP contribution < -0.4 is 16.0 Å². The van der Waals surface area contributed by atoms with Crippen molar-refractivity contribution in [2.45, 2.75) is 13.0 Å². The van der Waals surface area contributed by atoms with Gasteiger partial charge in [0.1, 0.15) is 0 Å². The van der Waals surface area contributed by atoms with Crippen molar-refractivity contribution < 1.29 is 9.59 Å². The van der Waals surface area contributed by atoms with Crippen LogP contribution in [-0.2, 0) is 6.54 Å². The van der Waals surface area contributed by atoms with Gasteiger partial charge in [0.25, 0.3) is 11.8 Å². The maximum atomic E-state index is 11.9. The molecule has 1 aromatic heterocycles. The molecule has 0 aliphatic rings. The van der Waals surface area contributed by atoms with Crippen LogP contribution in [0.25, 0.3) is 0 Å². The van der Waals surface area contributed by atoms with E-state index in [1.165, 1.54) is 11.3 Å². The average molecular weight is 331 g/mol. The minimum absolute atomic E-state index is 0.0738. The Balaban J connectivity index is 1.80. The molecule has 0 saturated heterocycles. The van der Waals surface area contributed by atoms with Gasteiger partial charge in [-0.1, -0.05) is 18.2 Å². The number of nitrogens with one attached hydrogen (secondary N) is 3. The number of amides is 2. The molecular weight excluding hydrogens is 310 g/mol. The summed E-state index contributed by atoms with van der Waals surface area (Å²) in [4.78, 5) is 24.5. The van der Waals surface area contributed by atoms with Crippen molar-refractivity contribution in [3.05, 3.63) is 57.8 Å². The first kappa shape index (κ1) is 17.2. The molecule has 6 heteroatoms. The minimum atomic E-state index is -0.0775. The van der Waals surface area contributed by atoms with Crippen molar-refractivity contribution in [2.24, 2.45) is 0 Å². The van der Waals surface area contributed by atoms with Gasteiger partial charge < -0.3 is 16.0 Å². The normalized spacial score (nSPS) is 10.3. The highest BCUT2D eigenvalue weighted by molar-refractivity contribution is 7.12. The van der Waals surface area contributed by atoms with Gasteiger partial charge in [0.15, 0.2) is 0 Å². The molecular formula is C17H21N3O2S. The smallest absolute Gasteiger partial charge is 0.261 e. The largest absolute Gasteiger partial charge is 0.352 e. The van der Waals surface area contributed by atoms with Gasteiger partial charge in [-0.05, 0) is 49.2 Å². The van der Waals surface area contributed by atoms with Gasteiger partial charge in [0.2, 0.25) is 0 Å². The third kappa shape index (κ3) is 5.50. The van der Waals surface area contributed by atoms with Gasteiger partial charge in [-0.25, -0.2) is 0 Å². The summed E-state index contributed by atoms with van der Waals surface area (Å²) in [6.45, 7) is 1.97. The molecule has 0 unspecified atom stereocenters. The molecule has 0 aliphatic heterocycles. The van der Waals surface area contributed by atoms with Crippen molar-refractivity contribution in [3.8, 4) is 0 Å². The maximum Gasteiger partial charge on any atom is 0.261 e. The summed E-state index contributed by atoms with van der Waals surface area (Å²) >= 11 is 1.41. The molecule has 0 bridgehead atoms. The quantitative estimate of drug-likeness (QED) is 0.648. The molecule has 0 fully saturated rings. The van der Waals surface area contributed by atoms with Crippen LogP contribution in [0.5, 0.6) is 0 Å². The zero-order valence-electron chi connectivity index (χ0n) is 13.1. The third-order valence-corrected chi connectivity index (χ3v) is 4.17. The first-order chi connectivity index (χ1) is 11.2. The molecule has 0 radical (unpaired) electrons. The SMILES string of the molecule is CNCCCNC(=O)c1ccc(CNC(=O)c2cccs2)cc1. The number of hydrogen-bond acceptors (Lipinski definition) is 4. The summed E-state index contributed by atoms with van der Waals surface area (Å²) in [5, 5.41) is 10.6. The fraction of sp³-hybridized carbons (Fsp3) is 0.294. The van der Waals surface area contributed by atoms with Crippen LogP contribution in [-0.4, -0.2) is 32.0 Å². The molecule has 5 nitrogen and oxygen atoms in total. The highest BCUT2D eigenvalue weighted by Crippen LogP contribution is 2.09. The molecule has 2 amide bonds. The van der Waals surface area contributed by atoms with E-state index in [0.717, 1.165) is 18.5 Å². The molecule has 2 rings (SSSR count). The molecule has 23 heavy (non-hydrogen) atoms. The van der Waals surface area contributed by atoms with Crippen LogP contribution in [0.2, 0.25) is 0 Å². The summed E-state index contributed by atoms with van der Waals surface area (Å²) < 4.78 is 0. The van der Waals surface area contributed by atoms with E-state index < -0.39 is 0 Å². The lowest BCUT2D eigenvalue weighted by Gasteiger charge is -2.07. The van der Waals surface area contributed by atoms with E-state index in [0.29, 0.717) is 23.5 Å². The van der Waals surface area contributed by atoms with Crippen molar-refractivity contribution in [1.29, 1.82) is 0 Å². The number of carbonyl (C=O) groups excluding carboxylic acids is 2. The lowest BCUT2D eigenvalue weighted by molar-refractivity contribution is 0.0944. The van der Waals surface area contributed by atoms with E-state index in [4.69, 9.17) is 0 Å². The number of carbonyl (C=O) groups is 2. The summed E-state index contributed by atoms with van der Waals surface area (Å²) in [5.41, 5.74) is 1.59. The number of benzene rings is 1. The topological polar surface area (TPSA) is 70.2 Å². The standard InChI is InChI=1S/C17H21N3O2S/c1-18-9-3-10-19-16(21)14-7-5-13(6-8-14)12-20-17(22)15-4-2-11-23-15/h2,4-8,11,18H,3,9-10,12H2,1H3,(H,19,21)(H,20,22). The lowest BCUT2D eigenvalue weighted by atomic mass is 10.1. The zero-order valence-corrected chi connectivity index (χ0v) is 13.9. The first-order valence-corrected chi connectivity index (χ1v) is 8.42. The van der Waals surface area contributed by atoms with E-state index in [1.807, 2.05) is 30.6 Å². The van der Waals surface area contributed by atoms with Crippen LogP contribution in [0.4, 0.5) is 0 Å². The van der Waals surface area contributed by atoms with Crippen molar-refractivity contribution >= 4 is 23.2 Å². The van der Waals surface area contributed by atoms with Crippen LogP contribution in [0.1, 0.15) is 32.0 Å². The van der Waals surface area contributed by atoms with Gasteiger partial charge in [-0.2, -0.15) is 0 Å². The molecule has 122 valence electrons. The average Bonchev–Trinajstić information content (AvgIpc) is 3.11. The third-order valence-electron chi connectivity index (χ3n) is 3.30. The monoisotopic (exact) mass is 331 g/mol. The Labute approximate surface area is 140 Å². The Kier molecular flexibility index (Phi) is 6.77. The van der Waals surface area contributed by atoms with E-state index in [-0.39, 0.29) is 11.8 Å². The van der Waals surface area contributed by atoms with E-state index in [1.54, 1.807) is 18.2 Å². The Bertz CT molecular complexity index is 624. The highest BCUT2D eigenvalue weighted by atomic mass is 32.1. The Morgan fingerprint density at radius 1 is 1.00 bits per heavy atom. The van der Waals surface area contributed by atoms with Crippen LogP contribution in [0, 0.1) is 0 Å². The molecule has 0 saturated carbocycles. The summed E-state index contributed by atoms with van der Waals surface area (Å²) in [7, 11) is 1.89. The van der Waals surface area contributed by atoms with E-state index in [2.05, 4.69) is 16.0 Å². The minimum Gasteiger partial charge on any atom is -0.352 e. The molecule has 0 spiro atoms. The van der Waals surface area contributed by atoms with Gasteiger partial charge >= 0.3 is 0 Å². The van der Waals surface area contributed by atoms with Gasteiger partial charge in [-0.15, -0.1) is 11.3 Å². The van der Waals surface area contributed by atoms with E-state index in [9.17, 15) is 9.59 Å². The molecule has 1 aromatic carbocycles. The predicted molar refractivity (Wildman–Crippen MR) is 92.8 cm³/mol. The predicted octanol–water partition coefficient (Wildman–Crippen LogP) is 2.02. The highest BCUT2D eigenvalue weighted by Gasteiger charge is 2.07. The molecule has 1 heterocycles. The number of hydrogen-bond donors (Lipinski definition) is 3. The van der Waals surface area contributed by atoms with Gasteiger partial charge in [0, 0.05) is 18.7 Å². The summed E-state index contributed by atoms with van der Waals surface area (Å²) in [6, 6.07) is 10.9. The number of rotatable bonds is 8. The summed E-state index contributed by atoms with van der Waals surface area (Å²) in [6.07, 6.45) is 0.898. The Morgan fingerprint density at radius 3 is 2.43 bits per heavy atom. The number of thiophene rings is 1. The van der Waals surface area contributed by atoms with Crippen molar-refractivity contribution in [2.75, 3.05) is 20.1 Å². The van der Waals surface area contributed by atoms with Gasteiger partial charge in [0.05, 0.1) is 4.88 Å². The first-order valence-electron chi connectivity index (χ1n) is 7.54. The molecule has 0 atom stereocenters. The zero-order chi connectivity index (χ0) is 16.5. The molecule has 3 N–H and O–H groups in total. The second-order valence-corrected chi connectivity index (χ2v) is 6.02. The fourth-order valence-electron chi connectivity index (χ4n) is 2.02.